The number of hydrogen-bond donors (Lipinski definition) is 0. The molecule has 2 aliphatic heterocycles. The fourth-order valence-corrected chi connectivity index (χ4v) is 5.16. The quantitative estimate of drug-likeness (QED) is 0.257. The molecule has 0 radical (unpaired) electrons. The molecule has 36 heavy (non-hydrogen) atoms. The standard InChI is InChI=1S/C28H23BrN2O5/c1-15-8-16(2)10-20(9-15)30-14-18(12-25(30)32)28(35)36-21-5-7-24(17(3)11-21)31-26(33)22-6-4-19(29)13-23(22)27(31)34/h4-11,13,18H,12,14H2,1-3H3/t18-/m1/s1. The molecule has 0 N–H and O–H groups in total. The van der Waals surface area contributed by atoms with Gasteiger partial charge in [-0.1, -0.05) is 22.0 Å². The normalized spacial score (nSPS) is 17.1. The third-order valence-corrected chi connectivity index (χ3v) is 6.95. The van der Waals surface area contributed by atoms with Gasteiger partial charge in [0.05, 0.1) is 22.7 Å². The van der Waals surface area contributed by atoms with Crippen LogP contribution in [0.25, 0.3) is 0 Å². The second kappa shape index (κ2) is 9.02. The molecule has 2 aliphatic rings. The van der Waals surface area contributed by atoms with E-state index in [4.69, 9.17) is 4.74 Å². The molecule has 0 aliphatic carbocycles. The molecule has 0 bridgehead atoms. The van der Waals surface area contributed by atoms with E-state index in [-0.39, 0.29) is 24.6 Å². The summed E-state index contributed by atoms with van der Waals surface area (Å²) in [7, 11) is 0. The average Bonchev–Trinajstić information content (AvgIpc) is 3.31. The highest BCUT2D eigenvalue weighted by molar-refractivity contribution is 9.10. The summed E-state index contributed by atoms with van der Waals surface area (Å²) in [5.41, 5.74) is 4.58. The number of carbonyl (C=O) groups is 4. The number of hydrogen-bond acceptors (Lipinski definition) is 5. The van der Waals surface area contributed by atoms with Gasteiger partial charge in [0, 0.05) is 23.1 Å². The van der Waals surface area contributed by atoms with Crippen LogP contribution in [0.2, 0.25) is 0 Å². The van der Waals surface area contributed by atoms with Crippen LogP contribution in [0.5, 0.6) is 5.75 Å². The van der Waals surface area contributed by atoms with Gasteiger partial charge in [0.15, 0.2) is 0 Å². The lowest BCUT2D eigenvalue weighted by Crippen LogP contribution is -2.30. The van der Waals surface area contributed by atoms with Crippen LogP contribution in [0.1, 0.15) is 43.8 Å². The van der Waals surface area contributed by atoms with E-state index in [1.807, 2.05) is 32.0 Å². The Morgan fingerprint density at radius 1 is 0.889 bits per heavy atom. The van der Waals surface area contributed by atoms with Gasteiger partial charge in [-0.2, -0.15) is 0 Å². The zero-order valence-corrected chi connectivity index (χ0v) is 21.6. The van der Waals surface area contributed by atoms with Gasteiger partial charge in [0.25, 0.3) is 11.8 Å². The van der Waals surface area contributed by atoms with Crippen molar-refractivity contribution >= 4 is 51.0 Å². The van der Waals surface area contributed by atoms with Crippen LogP contribution in [-0.4, -0.2) is 30.2 Å². The Morgan fingerprint density at radius 2 is 1.58 bits per heavy atom. The first-order valence-electron chi connectivity index (χ1n) is 11.5. The number of anilines is 2. The maximum absolute atomic E-state index is 12.9. The highest BCUT2D eigenvalue weighted by Crippen LogP contribution is 2.34. The van der Waals surface area contributed by atoms with E-state index in [1.54, 1.807) is 48.2 Å². The van der Waals surface area contributed by atoms with Crippen LogP contribution < -0.4 is 14.5 Å². The first-order valence-corrected chi connectivity index (χ1v) is 12.3. The van der Waals surface area contributed by atoms with E-state index >= 15 is 0 Å². The molecule has 0 unspecified atom stereocenters. The van der Waals surface area contributed by atoms with E-state index in [0.29, 0.717) is 26.9 Å². The predicted molar refractivity (Wildman–Crippen MR) is 138 cm³/mol. The van der Waals surface area contributed by atoms with E-state index in [2.05, 4.69) is 15.9 Å². The molecule has 182 valence electrons. The topological polar surface area (TPSA) is 84.0 Å². The Labute approximate surface area is 216 Å². The van der Waals surface area contributed by atoms with Gasteiger partial charge in [0.1, 0.15) is 5.75 Å². The molecule has 1 atom stereocenters. The zero-order valence-electron chi connectivity index (χ0n) is 20.0. The second-order valence-corrected chi connectivity index (χ2v) is 10.2. The van der Waals surface area contributed by atoms with Crippen molar-refractivity contribution in [2.24, 2.45) is 5.92 Å². The Morgan fingerprint density at radius 3 is 2.28 bits per heavy atom. The second-order valence-electron chi connectivity index (χ2n) is 9.26. The van der Waals surface area contributed by atoms with Gasteiger partial charge in [0.2, 0.25) is 5.91 Å². The minimum Gasteiger partial charge on any atom is -0.426 e. The monoisotopic (exact) mass is 546 g/mol. The van der Waals surface area contributed by atoms with Crippen molar-refractivity contribution in [3.05, 3.63) is 86.9 Å². The van der Waals surface area contributed by atoms with Crippen molar-refractivity contribution in [1.82, 2.24) is 0 Å². The number of ether oxygens (including phenoxy) is 1. The molecule has 3 aromatic carbocycles. The Kier molecular flexibility index (Phi) is 6.00. The largest absolute Gasteiger partial charge is 0.426 e. The molecule has 0 spiro atoms. The van der Waals surface area contributed by atoms with Crippen LogP contribution in [0.4, 0.5) is 11.4 Å². The summed E-state index contributed by atoms with van der Waals surface area (Å²) in [6.07, 6.45) is 0.0769. The minimum atomic E-state index is -0.590. The van der Waals surface area contributed by atoms with Crippen molar-refractivity contribution < 1.29 is 23.9 Å². The fourth-order valence-electron chi connectivity index (χ4n) is 4.80. The molecule has 7 nitrogen and oxygen atoms in total. The van der Waals surface area contributed by atoms with Crippen molar-refractivity contribution in [3.8, 4) is 5.75 Å². The molecular weight excluding hydrogens is 524 g/mol. The summed E-state index contributed by atoms with van der Waals surface area (Å²) in [6.45, 7) is 5.93. The van der Waals surface area contributed by atoms with Gasteiger partial charge >= 0.3 is 5.97 Å². The first-order chi connectivity index (χ1) is 17.1. The maximum Gasteiger partial charge on any atom is 0.316 e. The summed E-state index contributed by atoms with van der Waals surface area (Å²) in [6, 6.07) is 15.6. The number of esters is 1. The van der Waals surface area contributed by atoms with Gasteiger partial charge < -0.3 is 9.64 Å². The fraction of sp³-hybridized carbons (Fsp3) is 0.214. The Hall–Kier alpha value is -3.78. The Balaban J connectivity index is 1.31. The molecule has 1 fully saturated rings. The van der Waals surface area contributed by atoms with E-state index < -0.39 is 23.7 Å². The van der Waals surface area contributed by atoms with E-state index in [1.165, 1.54) is 0 Å². The number of amides is 3. The SMILES string of the molecule is Cc1cc(C)cc(N2C[C@H](C(=O)Oc3ccc(N4C(=O)c5ccc(Br)cc5C4=O)c(C)c3)CC2=O)c1. The predicted octanol–water partition coefficient (Wildman–Crippen LogP) is 5.13. The van der Waals surface area contributed by atoms with Gasteiger partial charge in [-0.25, -0.2) is 4.90 Å². The highest BCUT2D eigenvalue weighted by atomic mass is 79.9. The van der Waals surface area contributed by atoms with E-state index in [9.17, 15) is 19.2 Å². The third kappa shape index (κ3) is 4.22. The molecule has 0 aromatic heterocycles. The summed E-state index contributed by atoms with van der Waals surface area (Å²) in [4.78, 5) is 54.1. The number of nitrogens with zero attached hydrogens (tertiary/aromatic N) is 2. The summed E-state index contributed by atoms with van der Waals surface area (Å²) in [5.74, 6) is -1.71. The Bertz CT molecular complexity index is 1440. The number of rotatable bonds is 4. The molecular formula is C28H23BrN2O5. The van der Waals surface area contributed by atoms with Crippen molar-refractivity contribution in [3.63, 3.8) is 0 Å². The van der Waals surface area contributed by atoms with E-state index in [0.717, 1.165) is 21.7 Å². The number of aryl methyl sites for hydroxylation is 3. The van der Waals surface area contributed by atoms with Crippen molar-refractivity contribution in [1.29, 1.82) is 0 Å². The van der Waals surface area contributed by atoms with Gasteiger partial charge in [-0.3, -0.25) is 19.2 Å². The van der Waals surface area contributed by atoms with Crippen molar-refractivity contribution in [2.45, 2.75) is 27.2 Å². The lowest BCUT2D eigenvalue weighted by atomic mass is 10.1. The molecule has 8 heteroatoms. The first kappa shape index (κ1) is 23.9. The smallest absolute Gasteiger partial charge is 0.316 e. The minimum absolute atomic E-state index is 0.0769. The lowest BCUT2D eigenvalue weighted by molar-refractivity contribution is -0.139. The number of benzene rings is 3. The van der Waals surface area contributed by atoms with Crippen molar-refractivity contribution in [2.75, 3.05) is 16.3 Å². The molecule has 1 saturated heterocycles. The van der Waals surface area contributed by atoms with Gasteiger partial charge in [-0.15, -0.1) is 0 Å². The number of fused-ring (bicyclic) bond motifs is 1. The van der Waals surface area contributed by atoms with Crippen LogP contribution in [0, 0.1) is 26.7 Å². The average molecular weight is 547 g/mol. The third-order valence-electron chi connectivity index (χ3n) is 6.45. The molecule has 0 saturated carbocycles. The van der Waals surface area contributed by atoms with Crippen LogP contribution in [0.15, 0.2) is 59.1 Å². The number of halogens is 1. The number of carbonyl (C=O) groups excluding carboxylic acids is 4. The van der Waals surface area contributed by atoms with Gasteiger partial charge in [-0.05, 0) is 86.0 Å². The number of imide groups is 1. The van der Waals surface area contributed by atoms with Crippen LogP contribution in [-0.2, 0) is 9.59 Å². The molecule has 5 rings (SSSR count). The summed E-state index contributed by atoms with van der Waals surface area (Å²) < 4.78 is 6.31. The summed E-state index contributed by atoms with van der Waals surface area (Å²) in [5, 5.41) is 0. The molecule has 3 amide bonds. The zero-order chi connectivity index (χ0) is 25.7. The summed E-state index contributed by atoms with van der Waals surface area (Å²) >= 11 is 3.34. The van der Waals surface area contributed by atoms with Crippen LogP contribution >= 0.6 is 15.9 Å². The molecule has 2 heterocycles. The molecule has 3 aromatic rings. The highest BCUT2D eigenvalue weighted by Gasteiger charge is 2.38. The van der Waals surface area contributed by atoms with Crippen LogP contribution in [0.3, 0.4) is 0 Å². The maximum atomic E-state index is 12.9. The lowest BCUT2D eigenvalue weighted by Gasteiger charge is -2.19.